The second-order valence-corrected chi connectivity index (χ2v) is 7.22. The lowest BCUT2D eigenvalue weighted by atomic mass is 10.1. The molecule has 7 heteroatoms. The van der Waals surface area contributed by atoms with Crippen molar-refractivity contribution in [1.29, 1.82) is 5.26 Å². The standard InChI is InChI=1S/C18H15N3O3S/c1-18(11-22,17(23)24)25-16-6-7-20-10-13(16)15-5-4-12(9-19)14-3-2-8-21(14)15/h2-8,10,22H,11H2,1H3,(H,23,24). The lowest BCUT2D eigenvalue weighted by Gasteiger charge is -2.23. The Morgan fingerprint density at radius 2 is 2.20 bits per heavy atom. The Bertz CT molecular complexity index is 993. The van der Waals surface area contributed by atoms with Crippen molar-refractivity contribution in [2.75, 3.05) is 6.61 Å². The van der Waals surface area contributed by atoms with Crippen molar-refractivity contribution in [2.45, 2.75) is 16.6 Å². The fraction of sp³-hybridized carbons (Fsp3) is 0.167. The van der Waals surface area contributed by atoms with Crippen molar-refractivity contribution >= 4 is 23.2 Å². The van der Waals surface area contributed by atoms with E-state index in [2.05, 4.69) is 11.1 Å². The van der Waals surface area contributed by atoms with Gasteiger partial charge in [0.05, 0.1) is 23.4 Å². The average Bonchev–Trinajstić information content (AvgIpc) is 3.11. The number of aromatic nitrogens is 2. The van der Waals surface area contributed by atoms with Gasteiger partial charge in [-0.15, -0.1) is 11.8 Å². The molecule has 3 heterocycles. The molecule has 126 valence electrons. The molecule has 0 aromatic carbocycles. The summed E-state index contributed by atoms with van der Waals surface area (Å²) in [6.45, 7) is 0.981. The third kappa shape index (κ3) is 2.97. The molecule has 0 aliphatic carbocycles. The number of thioether (sulfide) groups is 1. The first-order valence-corrected chi connectivity index (χ1v) is 8.29. The Labute approximate surface area is 148 Å². The van der Waals surface area contributed by atoms with Crippen LogP contribution in [0.25, 0.3) is 16.8 Å². The van der Waals surface area contributed by atoms with Gasteiger partial charge in [-0.05, 0) is 37.3 Å². The average molecular weight is 353 g/mol. The highest BCUT2D eigenvalue weighted by atomic mass is 32.2. The second kappa shape index (κ2) is 6.59. The van der Waals surface area contributed by atoms with Gasteiger partial charge in [0.25, 0.3) is 0 Å². The molecule has 3 rings (SSSR count). The summed E-state index contributed by atoms with van der Waals surface area (Å²) in [6.07, 6.45) is 5.08. The van der Waals surface area contributed by atoms with E-state index in [0.29, 0.717) is 10.5 Å². The van der Waals surface area contributed by atoms with Crippen LogP contribution in [0.4, 0.5) is 0 Å². The molecule has 0 amide bonds. The van der Waals surface area contributed by atoms with Crippen LogP contribution in [0.5, 0.6) is 0 Å². The number of carboxylic acid groups (broad SMARTS) is 1. The Morgan fingerprint density at radius 3 is 2.88 bits per heavy atom. The van der Waals surface area contributed by atoms with Gasteiger partial charge in [-0.3, -0.25) is 9.78 Å². The van der Waals surface area contributed by atoms with Gasteiger partial charge in [0.1, 0.15) is 10.8 Å². The van der Waals surface area contributed by atoms with Crippen LogP contribution in [0.3, 0.4) is 0 Å². The number of carbonyl (C=O) groups is 1. The maximum Gasteiger partial charge on any atom is 0.322 e. The largest absolute Gasteiger partial charge is 0.480 e. The number of pyridine rings is 2. The van der Waals surface area contributed by atoms with Crippen molar-refractivity contribution in [1.82, 2.24) is 9.38 Å². The molecule has 3 aromatic rings. The van der Waals surface area contributed by atoms with E-state index in [-0.39, 0.29) is 0 Å². The predicted molar refractivity (Wildman–Crippen MR) is 94.3 cm³/mol. The van der Waals surface area contributed by atoms with Gasteiger partial charge >= 0.3 is 5.97 Å². The van der Waals surface area contributed by atoms with Gasteiger partial charge in [-0.2, -0.15) is 5.26 Å². The number of aliphatic hydroxyl groups is 1. The van der Waals surface area contributed by atoms with Crippen LogP contribution < -0.4 is 0 Å². The summed E-state index contributed by atoms with van der Waals surface area (Å²) in [4.78, 5) is 16.4. The quantitative estimate of drug-likeness (QED) is 0.684. The third-order valence-electron chi connectivity index (χ3n) is 3.96. The van der Waals surface area contributed by atoms with E-state index in [4.69, 9.17) is 0 Å². The maximum atomic E-state index is 11.5. The van der Waals surface area contributed by atoms with Gasteiger partial charge in [-0.1, -0.05) is 0 Å². The summed E-state index contributed by atoms with van der Waals surface area (Å²) in [5.41, 5.74) is 2.85. The summed E-state index contributed by atoms with van der Waals surface area (Å²) >= 11 is 1.07. The van der Waals surface area contributed by atoms with Crippen LogP contribution in [-0.4, -0.2) is 36.9 Å². The van der Waals surface area contributed by atoms with E-state index < -0.39 is 17.3 Å². The molecule has 1 atom stereocenters. The van der Waals surface area contributed by atoms with Gasteiger partial charge in [0.2, 0.25) is 0 Å². The zero-order valence-corrected chi connectivity index (χ0v) is 14.2. The molecular formula is C18H15N3O3S. The molecule has 0 saturated carbocycles. The van der Waals surface area contributed by atoms with Crippen LogP contribution in [0.1, 0.15) is 12.5 Å². The monoisotopic (exact) mass is 353 g/mol. The molecule has 1 unspecified atom stereocenters. The molecule has 0 radical (unpaired) electrons. The molecular weight excluding hydrogens is 338 g/mol. The first-order valence-electron chi connectivity index (χ1n) is 7.48. The molecule has 0 aliphatic heterocycles. The number of aliphatic carboxylic acids is 1. The smallest absolute Gasteiger partial charge is 0.322 e. The maximum absolute atomic E-state index is 11.5. The number of hydrogen-bond acceptors (Lipinski definition) is 5. The molecule has 0 saturated heterocycles. The number of fused-ring (bicyclic) bond motifs is 1. The summed E-state index contributed by atoms with van der Waals surface area (Å²) in [5, 5.41) is 28.2. The molecule has 3 aromatic heterocycles. The molecule has 0 spiro atoms. The Kier molecular flexibility index (Phi) is 4.49. The van der Waals surface area contributed by atoms with Gasteiger partial charge in [0, 0.05) is 29.0 Å². The molecule has 0 bridgehead atoms. The molecule has 2 N–H and O–H groups in total. The summed E-state index contributed by atoms with van der Waals surface area (Å²) in [7, 11) is 0. The predicted octanol–water partition coefficient (Wildman–Crippen LogP) is 2.80. The first-order chi connectivity index (χ1) is 12.0. The molecule has 0 aliphatic rings. The third-order valence-corrected chi connectivity index (χ3v) is 5.29. The highest BCUT2D eigenvalue weighted by Gasteiger charge is 2.34. The van der Waals surface area contributed by atoms with Crippen molar-refractivity contribution in [3.8, 4) is 17.3 Å². The molecule has 25 heavy (non-hydrogen) atoms. The SMILES string of the molecule is CC(CO)(Sc1ccncc1-c1ccc(C#N)c2cccn12)C(=O)O. The van der Waals surface area contributed by atoms with Crippen LogP contribution in [0, 0.1) is 11.3 Å². The minimum absolute atomic E-state index is 0.499. The van der Waals surface area contributed by atoms with Gasteiger partial charge < -0.3 is 14.6 Å². The zero-order chi connectivity index (χ0) is 18.0. The van der Waals surface area contributed by atoms with Crippen LogP contribution >= 0.6 is 11.8 Å². The normalized spacial score (nSPS) is 13.3. The minimum Gasteiger partial charge on any atom is -0.480 e. The van der Waals surface area contributed by atoms with E-state index in [1.165, 1.54) is 6.92 Å². The number of nitrogens with zero attached hydrogens (tertiary/aromatic N) is 3. The minimum atomic E-state index is -1.36. The lowest BCUT2D eigenvalue weighted by Crippen LogP contribution is -2.35. The topological polar surface area (TPSA) is 98.6 Å². The molecule has 6 nitrogen and oxygen atoms in total. The van der Waals surface area contributed by atoms with Crippen molar-refractivity contribution < 1.29 is 15.0 Å². The van der Waals surface area contributed by atoms with Crippen molar-refractivity contribution in [3.05, 3.63) is 54.5 Å². The number of nitriles is 1. The number of aliphatic hydroxyl groups excluding tert-OH is 1. The van der Waals surface area contributed by atoms with E-state index in [1.54, 1.807) is 24.5 Å². The van der Waals surface area contributed by atoms with E-state index in [0.717, 1.165) is 28.5 Å². The van der Waals surface area contributed by atoms with Crippen molar-refractivity contribution in [3.63, 3.8) is 0 Å². The summed E-state index contributed by atoms with van der Waals surface area (Å²) < 4.78 is 0.509. The van der Waals surface area contributed by atoms with Crippen molar-refractivity contribution in [2.24, 2.45) is 0 Å². The van der Waals surface area contributed by atoms with Crippen LogP contribution in [-0.2, 0) is 4.79 Å². The van der Waals surface area contributed by atoms with Gasteiger partial charge in [0.15, 0.2) is 0 Å². The van der Waals surface area contributed by atoms with Gasteiger partial charge in [-0.25, -0.2) is 0 Å². The summed E-state index contributed by atoms with van der Waals surface area (Å²) in [6, 6.07) is 11.1. The Hall–Kier alpha value is -2.82. The Morgan fingerprint density at radius 1 is 1.40 bits per heavy atom. The number of rotatable bonds is 5. The first kappa shape index (κ1) is 17.0. The number of hydrogen-bond donors (Lipinski definition) is 2. The Balaban J connectivity index is 2.16. The zero-order valence-electron chi connectivity index (χ0n) is 13.4. The van der Waals surface area contributed by atoms with Crippen LogP contribution in [0.15, 0.2) is 53.8 Å². The molecule has 0 fully saturated rings. The second-order valence-electron chi connectivity index (χ2n) is 5.68. The van der Waals surface area contributed by atoms with E-state index in [1.807, 2.05) is 28.8 Å². The van der Waals surface area contributed by atoms with E-state index in [9.17, 15) is 20.3 Å². The highest BCUT2D eigenvalue weighted by Crippen LogP contribution is 2.39. The van der Waals surface area contributed by atoms with E-state index >= 15 is 0 Å². The van der Waals surface area contributed by atoms with Crippen LogP contribution in [0.2, 0.25) is 0 Å². The highest BCUT2D eigenvalue weighted by molar-refractivity contribution is 8.01. The lowest BCUT2D eigenvalue weighted by molar-refractivity contribution is -0.140. The number of carboxylic acids is 1. The fourth-order valence-electron chi connectivity index (χ4n) is 2.50. The fourth-order valence-corrected chi connectivity index (χ4v) is 3.54. The summed E-state index contributed by atoms with van der Waals surface area (Å²) in [5.74, 6) is -1.09.